The van der Waals surface area contributed by atoms with Gasteiger partial charge in [0.15, 0.2) is 5.78 Å². The Balaban J connectivity index is 2.23. The summed E-state index contributed by atoms with van der Waals surface area (Å²) in [5.41, 5.74) is 4.12. The van der Waals surface area contributed by atoms with E-state index in [9.17, 15) is 4.79 Å². The van der Waals surface area contributed by atoms with E-state index < -0.39 is 6.10 Å². The lowest BCUT2D eigenvalue weighted by Gasteiger charge is -2.18. The fourth-order valence-corrected chi connectivity index (χ4v) is 2.56. The summed E-state index contributed by atoms with van der Waals surface area (Å²) in [6.07, 6.45) is -0.0802. The Bertz CT molecular complexity index is 676. The van der Waals surface area contributed by atoms with E-state index in [1.165, 1.54) is 0 Å². The molecule has 0 aliphatic heterocycles. The van der Waals surface area contributed by atoms with Crippen molar-refractivity contribution in [3.63, 3.8) is 0 Å². The fourth-order valence-electron chi connectivity index (χ4n) is 2.56. The van der Waals surface area contributed by atoms with Crippen molar-refractivity contribution in [2.75, 3.05) is 7.11 Å². The second kappa shape index (κ2) is 7.93. The molecular weight excluding hydrogens is 288 g/mol. The first kappa shape index (κ1) is 17.2. The molecule has 0 spiro atoms. The molecule has 0 bridgehead atoms. The lowest BCUT2D eigenvalue weighted by Crippen LogP contribution is -2.16. The van der Waals surface area contributed by atoms with Crippen LogP contribution in [0.3, 0.4) is 0 Å². The second-order valence-electron chi connectivity index (χ2n) is 5.69. The number of ketones is 1. The van der Waals surface area contributed by atoms with E-state index in [4.69, 9.17) is 9.47 Å². The van der Waals surface area contributed by atoms with Gasteiger partial charge in [0.05, 0.1) is 0 Å². The highest BCUT2D eigenvalue weighted by atomic mass is 16.5. The predicted molar refractivity (Wildman–Crippen MR) is 91.7 cm³/mol. The van der Waals surface area contributed by atoms with E-state index in [2.05, 4.69) is 12.1 Å². The molecule has 0 saturated heterocycles. The Morgan fingerprint density at radius 2 is 1.87 bits per heavy atom. The molecule has 0 saturated carbocycles. The summed E-state index contributed by atoms with van der Waals surface area (Å²) in [5, 5.41) is 0. The van der Waals surface area contributed by atoms with Gasteiger partial charge in [0, 0.05) is 13.5 Å². The summed E-state index contributed by atoms with van der Waals surface area (Å²) in [7, 11) is 1.57. The Labute approximate surface area is 138 Å². The second-order valence-corrected chi connectivity index (χ2v) is 5.69. The first-order valence-electron chi connectivity index (χ1n) is 7.90. The van der Waals surface area contributed by atoms with E-state index in [0.717, 1.165) is 28.0 Å². The molecule has 2 aromatic rings. The zero-order valence-electron chi connectivity index (χ0n) is 14.3. The standard InChI is InChI=1S/C20H24O3/c1-5-18(21)20(22-4)17-9-7-6-8-16(17)13-23-19-12-14(2)10-11-15(19)3/h6-12,20H,5,13H2,1-4H3. The lowest BCUT2D eigenvalue weighted by molar-refractivity contribution is -0.128. The third kappa shape index (κ3) is 4.20. The topological polar surface area (TPSA) is 35.5 Å². The zero-order chi connectivity index (χ0) is 16.8. The SMILES string of the molecule is CCC(=O)C(OC)c1ccccc1COc1cc(C)ccc1C. The van der Waals surface area contributed by atoms with Gasteiger partial charge in [-0.25, -0.2) is 0 Å². The largest absolute Gasteiger partial charge is 0.489 e. The van der Waals surface area contributed by atoms with Gasteiger partial charge < -0.3 is 9.47 Å². The number of rotatable bonds is 7. The van der Waals surface area contributed by atoms with E-state index >= 15 is 0 Å². The van der Waals surface area contributed by atoms with Crippen LogP contribution in [0.25, 0.3) is 0 Å². The average molecular weight is 312 g/mol. The number of carbonyl (C=O) groups is 1. The highest BCUT2D eigenvalue weighted by Gasteiger charge is 2.21. The Morgan fingerprint density at radius 3 is 2.57 bits per heavy atom. The predicted octanol–water partition coefficient (Wildman–Crippen LogP) is 4.55. The molecule has 1 unspecified atom stereocenters. The third-order valence-corrected chi connectivity index (χ3v) is 3.94. The van der Waals surface area contributed by atoms with Gasteiger partial charge in [-0.15, -0.1) is 0 Å². The zero-order valence-corrected chi connectivity index (χ0v) is 14.3. The Kier molecular flexibility index (Phi) is 5.94. The number of benzene rings is 2. The average Bonchev–Trinajstić information content (AvgIpc) is 2.57. The van der Waals surface area contributed by atoms with Crippen molar-refractivity contribution >= 4 is 5.78 Å². The van der Waals surface area contributed by atoms with Gasteiger partial charge in [-0.2, -0.15) is 0 Å². The molecule has 2 rings (SSSR count). The summed E-state index contributed by atoms with van der Waals surface area (Å²) < 4.78 is 11.4. The molecule has 0 radical (unpaired) electrons. The quantitative estimate of drug-likeness (QED) is 0.752. The molecule has 23 heavy (non-hydrogen) atoms. The summed E-state index contributed by atoms with van der Waals surface area (Å²) in [5.74, 6) is 0.947. The number of Topliss-reactive ketones (excluding diaryl/α,β-unsaturated/α-hetero) is 1. The minimum absolute atomic E-state index is 0.0756. The minimum Gasteiger partial charge on any atom is -0.489 e. The van der Waals surface area contributed by atoms with Crippen molar-refractivity contribution in [3.05, 3.63) is 64.7 Å². The summed E-state index contributed by atoms with van der Waals surface area (Å²) >= 11 is 0. The van der Waals surface area contributed by atoms with Crippen LogP contribution in [0.15, 0.2) is 42.5 Å². The van der Waals surface area contributed by atoms with Crippen LogP contribution in [-0.4, -0.2) is 12.9 Å². The molecular formula is C20H24O3. The summed E-state index contributed by atoms with van der Waals surface area (Å²) in [6, 6.07) is 13.9. The summed E-state index contributed by atoms with van der Waals surface area (Å²) in [4.78, 5) is 12.1. The molecule has 0 amide bonds. The third-order valence-electron chi connectivity index (χ3n) is 3.94. The van der Waals surface area contributed by atoms with Gasteiger partial charge >= 0.3 is 0 Å². The molecule has 0 fully saturated rings. The number of carbonyl (C=O) groups excluding carboxylic acids is 1. The van der Waals surface area contributed by atoms with Crippen LogP contribution in [0.2, 0.25) is 0 Å². The Hall–Kier alpha value is -2.13. The molecule has 1 atom stereocenters. The molecule has 3 nitrogen and oxygen atoms in total. The van der Waals surface area contributed by atoms with E-state index in [0.29, 0.717) is 13.0 Å². The van der Waals surface area contributed by atoms with E-state index in [-0.39, 0.29) is 5.78 Å². The number of hydrogen-bond acceptors (Lipinski definition) is 3. The van der Waals surface area contributed by atoms with Crippen LogP contribution >= 0.6 is 0 Å². The number of hydrogen-bond donors (Lipinski definition) is 0. The molecule has 0 aliphatic rings. The van der Waals surface area contributed by atoms with Crippen molar-refractivity contribution in [1.82, 2.24) is 0 Å². The molecule has 0 aromatic heterocycles. The molecule has 0 N–H and O–H groups in total. The van der Waals surface area contributed by atoms with Gasteiger partial charge in [0.25, 0.3) is 0 Å². The van der Waals surface area contributed by atoms with Gasteiger partial charge in [-0.1, -0.05) is 43.3 Å². The van der Waals surface area contributed by atoms with E-state index in [1.807, 2.05) is 51.1 Å². The van der Waals surface area contributed by atoms with E-state index in [1.54, 1.807) is 7.11 Å². The van der Waals surface area contributed by atoms with Gasteiger partial charge in [-0.05, 0) is 42.2 Å². The van der Waals surface area contributed by atoms with Gasteiger partial charge in [0.1, 0.15) is 18.5 Å². The van der Waals surface area contributed by atoms with Crippen molar-refractivity contribution in [3.8, 4) is 5.75 Å². The highest BCUT2D eigenvalue weighted by Crippen LogP contribution is 2.26. The van der Waals surface area contributed by atoms with Gasteiger partial charge in [0.2, 0.25) is 0 Å². The normalized spacial score (nSPS) is 12.0. The molecule has 122 valence electrons. The van der Waals surface area contributed by atoms with Crippen molar-refractivity contribution in [2.24, 2.45) is 0 Å². The maximum absolute atomic E-state index is 12.1. The van der Waals surface area contributed by atoms with Gasteiger partial charge in [-0.3, -0.25) is 4.79 Å². The van der Waals surface area contributed by atoms with Crippen LogP contribution in [0.1, 0.15) is 41.7 Å². The van der Waals surface area contributed by atoms with Crippen LogP contribution in [0.5, 0.6) is 5.75 Å². The van der Waals surface area contributed by atoms with Crippen LogP contribution < -0.4 is 4.74 Å². The molecule has 3 heteroatoms. The van der Waals surface area contributed by atoms with Crippen molar-refractivity contribution < 1.29 is 14.3 Å². The first-order valence-corrected chi connectivity index (χ1v) is 7.90. The minimum atomic E-state index is -0.529. The number of ether oxygens (including phenoxy) is 2. The molecule has 2 aromatic carbocycles. The monoisotopic (exact) mass is 312 g/mol. The summed E-state index contributed by atoms with van der Waals surface area (Å²) in [6.45, 7) is 6.33. The first-order chi connectivity index (χ1) is 11.1. The number of aryl methyl sites for hydroxylation is 2. The maximum atomic E-state index is 12.1. The van der Waals surface area contributed by atoms with Crippen molar-refractivity contribution in [1.29, 1.82) is 0 Å². The molecule has 0 heterocycles. The molecule has 0 aliphatic carbocycles. The lowest BCUT2D eigenvalue weighted by atomic mass is 9.98. The van der Waals surface area contributed by atoms with Crippen molar-refractivity contribution in [2.45, 2.75) is 39.9 Å². The fraction of sp³-hybridized carbons (Fsp3) is 0.350. The Morgan fingerprint density at radius 1 is 1.13 bits per heavy atom. The van der Waals surface area contributed by atoms with Crippen LogP contribution in [0, 0.1) is 13.8 Å². The van der Waals surface area contributed by atoms with Crippen LogP contribution in [-0.2, 0) is 16.1 Å². The maximum Gasteiger partial charge on any atom is 0.165 e. The van der Waals surface area contributed by atoms with Crippen LogP contribution in [0.4, 0.5) is 0 Å². The number of methoxy groups -OCH3 is 1. The smallest absolute Gasteiger partial charge is 0.165 e. The highest BCUT2D eigenvalue weighted by molar-refractivity contribution is 5.84.